The second kappa shape index (κ2) is 8.31. The van der Waals surface area contributed by atoms with Crippen LogP contribution in [0.1, 0.15) is 31.7 Å². The van der Waals surface area contributed by atoms with Crippen LogP contribution in [0.2, 0.25) is 0 Å². The van der Waals surface area contributed by atoms with Crippen molar-refractivity contribution in [2.45, 2.75) is 37.5 Å². The van der Waals surface area contributed by atoms with Crippen molar-refractivity contribution in [3.8, 4) is 23.7 Å². The van der Waals surface area contributed by atoms with E-state index < -0.39 is 26.3 Å². The Morgan fingerprint density at radius 1 is 1.39 bits per heavy atom. The number of benzene rings is 1. The molecule has 0 radical (unpaired) electrons. The minimum Gasteiger partial charge on any atom is -0.395 e. The molecular weight excluding hydrogens is 425 g/mol. The molecule has 1 amide bonds. The van der Waals surface area contributed by atoms with Gasteiger partial charge in [-0.25, -0.2) is 18.3 Å². The van der Waals surface area contributed by atoms with Crippen molar-refractivity contribution >= 4 is 26.6 Å². The molecule has 31 heavy (non-hydrogen) atoms. The summed E-state index contributed by atoms with van der Waals surface area (Å²) < 4.78 is 38.5. The van der Waals surface area contributed by atoms with Gasteiger partial charge in [0.2, 0.25) is 0 Å². The van der Waals surface area contributed by atoms with Gasteiger partial charge >= 0.3 is 0 Å². The molecule has 0 bridgehead atoms. The van der Waals surface area contributed by atoms with E-state index in [0.29, 0.717) is 5.52 Å². The van der Waals surface area contributed by atoms with Gasteiger partial charge in [0.15, 0.2) is 14.6 Å². The third-order valence-electron chi connectivity index (χ3n) is 5.71. The number of hydrogen-bond donors (Lipinski definition) is 3. The van der Waals surface area contributed by atoms with E-state index in [1.807, 2.05) is 0 Å². The Hall–Kier alpha value is -2.92. The topological polar surface area (TPSA) is 122 Å². The molecular formula is C21H22FN3O5S. The maximum atomic E-state index is 14.8. The van der Waals surface area contributed by atoms with E-state index in [4.69, 9.17) is 5.21 Å². The van der Waals surface area contributed by atoms with Gasteiger partial charge in [-0.15, -0.1) is 0 Å². The molecule has 1 aliphatic rings. The molecule has 3 rings (SSSR count). The van der Waals surface area contributed by atoms with Gasteiger partial charge in [-0.05, 0) is 56.1 Å². The Kier molecular flexibility index (Phi) is 6.10. The van der Waals surface area contributed by atoms with Gasteiger partial charge in [0, 0.05) is 12.8 Å². The van der Waals surface area contributed by atoms with Crippen molar-refractivity contribution in [3.63, 3.8) is 0 Å². The Morgan fingerprint density at radius 2 is 2.10 bits per heavy atom. The molecule has 1 unspecified atom stereocenters. The molecule has 164 valence electrons. The van der Waals surface area contributed by atoms with Crippen LogP contribution < -0.4 is 5.48 Å². The van der Waals surface area contributed by atoms with Crippen molar-refractivity contribution in [2.24, 2.45) is 5.41 Å². The normalized spacial score (nSPS) is 16.4. The lowest BCUT2D eigenvalue weighted by atomic mass is 10.1. The number of nitrogens with one attached hydrogen (secondary N) is 1. The van der Waals surface area contributed by atoms with Crippen LogP contribution in [0.5, 0.6) is 0 Å². The number of hydroxylamine groups is 1. The van der Waals surface area contributed by atoms with Gasteiger partial charge in [0.05, 0.1) is 34.7 Å². The Bertz CT molecular complexity index is 1260. The molecule has 0 spiro atoms. The first-order chi connectivity index (χ1) is 14.6. The van der Waals surface area contributed by atoms with Crippen molar-refractivity contribution in [1.82, 2.24) is 15.3 Å². The summed E-state index contributed by atoms with van der Waals surface area (Å²) in [6, 6.07) is 3.07. The maximum Gasteiger partial charge on any atom is 0.264 e. The second-order valence-corrected chi connectivity index (χ2v) is 10.3. The molecule has 0 saturated heterocycles. The van der Waals surface area contributed by atoms with E-state index in [2.05, 4.69) is 28.8 Å². The quantitative estimate of drug-likeness (QED) is 0.345. The molecule has 1 aliphatic carbocycles. The lowest BCUT2D eigenvalue weighted by molar-refractivity contribution is -0.131. The zero-order valence-corrected chi connectivity index (χ0v) is 17.9. The number of carbonyl (C=O) groups is 1. The average molecular weight is 447 g/mol. The van der Waals surface area contributed by atoms with E-state index in [1.165, 1.54) is 29.3 Å². The van der Waals surface area contributed by atoms with E-state index in [1.54, 1.807) is 6.07 Å². The molecule has 1 aromatic heterocycles. The highest BCUT2D eigenvalue weighted by Crippen LogP contribution is 2.44. The van der Waals surface area contributed by atoms with Crippen LogP contribution in [0.3, 0.4) is 0 Å². The number of fused-ring (bicyclic) bond motifs is 1. The third kappa shape index (κ3) is 4.42. The van der Waals surface area contributed by atoms with E-state index in [9.17, 15) is 22.7 Å². The highest BCUT2D eigenvalue weighted by molar-refractivity contribution is 7.92. The van der Waals surface area contributed by atoms with Crippen LogP contribution >= 0.6 is 0 Å². The number of carbonyl (C=O) groups excluding carboxylic acids is 1. The fourth-order valence-electron chi connectivity index (χ4n) is 3.04. The summed E-state index contributed by atoms with van der Waals surface area (Å²) in [5.74, 6) is 9.18. The SMILES string of the molecule is CC(CCn1ncc2c(F)c(C#CC#CC3(CO)CC3)ccc21)(C(=O)NO)S(C)(=O)=O. The molecule has 10 heteroatoms. The number of aliphatic hydroxyl groups excluding tert-OH is 1. The Balaban J connectivity index is 1.84. The zero-order valence-electron chi connectivity index (χ0n) is 17.1. The van der Waals surface area contributed by atoms with Crippen LogP contribution in [0, 0.1) is 34.9 Å². The largest absolute Gasteiger partial charge is 0.395 e. The molecule has 1 saturated carbocycles. The molecule has 3 N–H and O–H groups in total. The highest BCUT2D eigenvalue weighted by Gasteiger charge is 2.43. The minimum atomic E-state index is -3.85. The average Bonchev–Trinajstić information content (AvgIpc) is 3.40. The van der Waals surface area contributed by atoms with Crippen LogP contribution in [0.15, 0.2) is 18.3 Å². The predicted molar refractivity (Wildman–Crippen MR) is 111 cm³/mol. The van der Waals surface area contributed by atoms with Gasteiger partial charge < -0.3 is 5.11 Å². The highest BCUT2D eigenvalue weighted by atomic mass is 32.2. The molecule has 1 fully saturated rings. The van der Waals surface area contributed by atoms with Crippen LogP contribution in [0.25, 0.3) is 10.9 Å². The summed E-state index contributed by atoms with van der Waals surface area (Å²) in [7, 11) is -3.85. The number of halogens is 1. The smallest absolute Gasteiger partial charge is 0.264 e. The van der Waals surface area contributed by atoms with Gasteiger partial charge in [-0.2, -0.15) is 5.10 Å². The standard InChI is InChI=1S/C21H22FN3O5S/c1-20(19(27)24-28,31(2,29)30)11-12-25-17-7-6-15(18(22)16(17)13-23-25)5-3-4-8-21(14-26)9-10-21/h6-7,13,26,28H,9-12,14H2,1-2H3,(H,24,27). The fourth-order valence-corrected chi connectivity index (χ4v) is 3.88. The van der Waals surface area contributed by atoms with Crippen LogP contribution in [0.4, 0.5) is 4.39 Å². The molecule has 2 aromatic rings. The lowest BCUT2D eigenvalue weighted by Gasteiger charge is -2.25. The summed E-state index contributed by atoms with van der Waals surface area (Å²) in [4.78, 5) is 11.9. The number of rotatable bonds is 6. The first-order valence-electron chi connectivity index (χ1n) is 9.49. The van der Waals surface area contributed by atoms with Crippen LogP contribution in [-0.2, 0) is 21.2 Å². The molecule has 1 aromatic carbocycles. The molecule has 0 aliphatic heterocycles. The Morgan fingerprint density at radius 3 is 2.68 bits per heavy atom. The number of nitrogens with zero attached hydrogens (tertiary/aromatic N) is 2. The fraction of sp³-hybridized carbons (Fsp3) is 0.429. The lowest BCUT2D eigenvalue weighted by Crippen LogP contribution is -2.49. The summed E-state index contributed by atoms with van der Waals surface area (Å²) in [6.07, 6.45) is 3.69. The van der Waals surface area contributed by atoms with E-state index in [0.717, 1.165) is 19.1 Å². The maximum absolute atomic E-state index is 14.8. The van der Waals surface area contributed by atoms with Crippen molar-refractivity contribution in [3.05, 3.63) is 29.7 Å². The van der Waals surface area contributed by atoms with Crippen LogP contribution in [-0.4, -0.2) is 52.0 Å². The monoisotopic (exact) mass is 447 g/mol. The van der Waals surface area contributed by atoms with Crippen molar-refractivity contribution in [2.75, 3.05) is 12.9 Å². The Labute approximate surface area is 179 Å². The van der Waals surface area contributed by atoms with Gasteiger partial charge in [0.1, 0.15) is 5.82 Å². The number of amides is 1. The van der Waals surface area contributed by atoms with Gasteiger partial charge in [-0.1, -0.05) is 5.92 Å². The van der Waals surface area contributed by atoms with Crippen molar-refractivity contribution < 1.29 is 27.9 Å². The van der Waals surface area contributed by atoms with Gasteiger partial charge in [-0.3, -0.25) is 14.7 Å². The zero-order chi connectivity index (χ0) is 22.9. The molecule has 8 nitrogen and oxygen atoms in total. The number of aryl methyl sites for hydroxylation is 1. The first kappa shape index (κ1) is 22.8. The summed E-state index contributed by atoms with van der Waals surface area (Å²) in [6.45, 7) is 1.19. The summed E-state index contributed by atoms with van der Waals surface area (Å²) in [5.41, 5.74) is 1.58. The van der Waals surface area contributed by atoms with Gasteiger partial charge in [0.25, 0.3) is 5.91 Å². The minimum absolute atomic E-state index is 0.000324. The van der Waals surface area contributed by atoms with Crippen molar-refractivity contribution in [1.29, 1.82) is 0 Å². The summed E-state index contributed by atoms with van der Waals surface area (Å²) >= 11 is 0. The number of aliphatic hydroxyl groups is 1. The second-order valence-electron chi connectivity index (χ2n) is 7.86. The van der Waals surface area contributed by atoms with E-state index >= 15 is 0 Å². The van der Waals surface area contributed by atoms with E-state index in [-0.39, 0.29) is 35.9 Å². The molecule has 1 heterocycles. The summed E-state index contributed by atoms with van der Waals surface area (Å²) in [5, 5.41) is 22.4. The number of sulfone groups is 1. The first-order valence-corrected chi connectivity index (χ1v) is 11.4. The number of aromatic nitrogens is 2. The number of hydrogen-bond acceptors (Lipinski definition) is 6. The predicted octanol–water partition coefficient (Wildman–Crippen LogP) is 1.00. The molecule has 1 atom stereocenters. The third-order valence-corrected chi connectivity index (χ3v) is 7.73.